The van der Waals surface area contributed by atoms with Gasteiger partial charge in [0.15, 0.2) is 0 Å². The van der Waals surface area contributed by atoms with Crippen molar-refractivity contribution in [3.63, 3.8) is 0 Å². The Bertz CT molecular complexity index is 510. The second kappa shape index (κ2) is 5.10. The van der Waals surface area contributed by atoms with Crippen molar-refractivity contribution in [3.05, 3.63) is 41.2 Å². The zero-order valence-corrected chi connectivity index (χ0v) is 10.3. The third-order valence-corrected chi connectivity index (χ3v) is 2.62. The van der Waals surface area contributed by atoms with E-state index in [0.29, 0.717) is 23.1 Å². The van der Waals surface area contributed by atoms with Crippen LogP contribution in [0.25, 0.3) is 0 Å². The summed E-state index contributed by atoms with van der Waals surface area (Å²) in [6, 6.07) is 5.17. The molecule has 0 saturated carbocycles. The van der Waals surface area contributed by atoms with Crippen molar-refractivity contribution in [2.75, 3.05) is 5.73 Å². The smallest absolute Gasteiger partial charge is 0.144 e. The fourth-order valence-corrected chi connectivity index (χ4v) is 1.61. The molecule has 90 valence electrons. The molecule has 1 aromatic carbocycles. The number of anilines is 1. The molecule has 0 aliphatic carbocycles. The summed E-state index contributed by atoms with van der Waals surface area (Å²) in [5, 5.41) is 4.78. The van der Waals surface area contributed by atoms with E-state index >= 15 is 0 Å². The molecule has 0 radical (unpaired) electrons. The second-order valence-corrected chi connectivity index (χ2v) is 4.11. The SMILES string of the molecule is CCn1cc(COc2cc(Cl)ccc2N)cn1. The van der Waals surface area contributed by atoms with Gasteiger partial charge >= 0.3 is 0 Å². The van der Waals surface area contributed by atoms with Crippen LogP contribution in [0, 0.1) is 0 Å². The predicted molar refractivity (Wildman–Crippen MR) is 68.1 cm³/mol. The van der Waals surface area contributed by atoms with Crippen LogP contribution >= 0.6 is 11.6 Å². The molecule has 0 bridgehead atoms. The first kappa shape index (κ1) is 11.8. The lowest BCUT2D eigenvalue weighted by atomic mass is 10.3. The van der Waals surface area contributed by atoms with Crippen molar-refractivity contribution in [1.29, 1.82) is 0 Å². The molecule has 0 spiro atoms. The van der Waals surface area contributed by atoms with E-state index in [2.05, 4.69) is 5.10 Å². The molecule has 0 atom stereocenters. The minimum atomic E-state index is 0.435. The third-order valence-electron chi connectivity index (χ3n) is 2.38. The number of nitrogen functional groups attached to an aromatic ring is 1. The molecule has 2 N–H and O–H groups in total. The number of rotatable bonds is 4. The van der Waals surface area contributed by atoms with Gasteiger partial charge in [-0.2, -0.15) is 5.10 Å². The Hall–Kier alpha value is -1.68. The molecule has 4 nitrogen and oxygen atoms in total. The Labute approximate surface area is 105 Å². The molecule has 17 heavy (non-hydrogen) atoms. The minimum Gasteiger partial charge on any atom is -0.487 e. The average Bonchev–Trinajstić information content (AvgIpc) is 2.78. The number of hydrogen-bond acceptors (Lipinski definition) is 3. The Morgan fingerprint density at radius 2 is 2.29 bits per heavy atom. The van der Waals surface area contributed by atoms with E-state index in [1.807, 2.05) is 17.8 Å². The molecule has 0 amide bonds. The van der Waals surface area contributed by atoms with Gasteiger partial charge in [0.1, 0.15) is 12.4 Å². The zero-order chi connectivity index (χ0) is 12.3. The van der Waals surface area contributed by atoms with E-state index in [0.717, 1.165) is 12.1 Å². The van der Waals surface area contributed by atoms with Crippen LogP contribution in [0.4, 0.5) is 5.69 Å². The number of halogens is 1. The van der Waals surface area contributed by atoms with Crippen molar-refractivity contribution in [2.24, 2.45) is 0 Å². The number of ether oxygens (including phenoxy) is 1. The first-order valence-electron chi connectivity index (χ1n) is 5.38. The number of aryl methyl sites for hydroxylation is 1. The van der Waals surface area contributed by atoms with Gasteiger partial charge in [-0.05, 0) is 19.1 Å². The van der Waals surface area contributed by atoms with E-state index in [4.69, 9.17) is 22.1 Å². The number of benzene rings is 1. The topological polar surface area (TPSA) is 53.1 Å². The number of nitrogens with zero attached hydrogens (tertiary/aromatic N) is 2. The molecule has 0 aliphatic rings. The predicted octanol–water partition coefficient (Wildman–Crippen LogP) is 2.72. The Kier molecular flexibility index (Phi) is 3.54. The van der Waals surface area contributed by atoms with Gasteiger partial charge in [-0.25, -0.2) is 0 Å². The van der Waals surface area contributed by atoms with Gasteiger partial charge < -0.3 is 10.5 Å². The van der Waals surface area contributed by atoms with E-state index < -0.39 is 0 Å². The lowest BCUT2D eigenvalue weighted by Gasteiger charge is -2.07. The summed E-state index contributed by atoms with van der Waals surface area (Å²) in [4.78, 5) is 0. The number of hydrogen-bond donors (Lipinski definition) is 1. The molecular formula is C12H14ClN3O. The van der Waals surface area contributed by atoms with Gasteiger partial charge in [0.2, 0.25) is 0 Å². The first-order valence-corrected chi connectivity index (χ1v) is 5.76. The molecule has 0 unspecified atom stereocenters. The molecule has 1 heterocycles. The number of aromatic nitrogens is 2. The van der Waals surface area contributed by atoms with Crippen molar-refractivity contribution >= 4 is 17.3 Å². The molecule has 0 fully saturated rings. The standard InChI is InChI=1S/C12H14ClN3O/c1-2-16-7-9(6-15-16)8-17-12-5-10(13)3-4-11(12)14/h3-7H,2,8,14H2,1H3. The summed E-state index contributed by atoms with van der Waals surface area (Å²) < 4.78 is 7.45. The van der Waals surface area contributed by atoms with E-state index in [1.165, 1.54) is 0 Å². The molecule has 1 aromatic heterocycles. The van der Waals surface area contributed by atoms with Crippen molar-refractivity contribution in [3.8, 4) is 5.75 Å². The lowest BCUT2D eigenvalue weighted by Crippen LogP contribution is -1.98. The minimum absolute atomic E-state index is 0.435. The summed E-state index contributed by atoms with van der Waals surface area (Å²) >= 11 is 5.87. The Morgan fingerprint density at radius 1 is 1.47 bits per heavy atom. The lowest BCUT2D eigenvalue weighted by molar-refractivity contribution is 0.308. The van der Waals surface area contributed by atoms with Crippen LogP contribution in [-0.4, -0.2) is 9.78 Å². The van der Waals surface area contributed by atoms with Crippen LogP contribution in [0.1, 0.15) is 12.5 Å². The van der Waals surface area contributed by atoms with E-state index in [-0.39, 0.29) is 0 Å². The maximum atomic E-state index is 5.87. The van der Waals surface area contributed by atoms with Crippen LogP contribution in [0.15, 0.2) is 30.6 Å². The molecule has 0 aliphatic heterocycles. The monoisotopic (exact) mass is 251 g/mol. The van der Waals surface area contributed by atoms with Crippen LogP contribution < -0.4 is 10.5 Å². The van der Waals surface area contributed by atoms with Gasteiger partial charge in [-0.15, -0.1) is 0 Å². The van der Waals surface area contributed by atoms with Crippen molar-refractivity contribution in [2.45, 2.75) is 20.1 Å². The maximum Gasteiger partial charge on any atom is 0.144 e. The quantitative estimate of drug-likeness (QED) is 0.850. The van der Waals surface area contributed by atoms with Gasteiger partial charge in [0.25, 0.3) is 0 Å². The van der Waals surface area contributed by atoms with E-state index in [1.54, 1.807) is 24.4 Å². The summed E-state index contributed by atoms with van der Waals surface area (Å²) in [5.74, 6) is 0.599. The Morgan fingerprint density at radius 3 is 3.00 bits per heavy atom. The summed E-state index contributed by atoms with van der Waals surface area (Å²) in [6.45, 7) is 3.32. The van der Waals surface area contributed by atoms with Crippen LogP contribution in [0.5, 0.6) is 5.75 Å². The number of nitrogens with two attached hydrogens (primary N) is 1. The maximum absolute atomic E-state index is 5.87. The molecule has 0 saturated heterocycles. The molecule has 2 aromatic rings. The second-order valence-electron chi connectivity index (χ2n) is 3.68. The Balaban J connectivity index is 2.04. The molecule has 5 heteroatoms. The molecule has 2 rings (SSSR count). The van der Waals surface area contributed by atoms with Gasteiger partial charge in [-0.1, -0.05) is 11.6 Å². The normalized spacial score (nSPS) is 10.5. The van der Waals surface area contributed by atoms with Crippen molar-refractivity contribution in [1.82, 2.24) is 9.78 Å². The summed E-state index contributed by atoms with van der Waals surface area (Å²) in [6.07, 6.45) is 3.73. The highest BCUT2D eigenvalue weighted by Crippen LogP contribution is 2.26. The average molecular weight is 252 g/mol. The fraction of sp³-hybridized carbons (Fsp3) is 0.250. The highest BCUT2D eigenvalue weighted by atomic mass is 35.5. The van der Waals surface area contributed by atoms with Crippen LogP contribution in [-0.2, 0) is 13.2 Å². The highest BCUT2D eigenvalue weighted by Gasteiger charge is 2.03. The van der Waals surface area contributed by atoms with Gasteiger partial charge in [0.05, 0.1) is 11.9 Å². The van der Waals surface area contributed by atoms with Crippen LogP contribution in [0.2, 0.25) is 5.02 Å². The first-order chi connectivity index (χ1) is 8.19. The van der Waals surface area contributed by atoms with E-state index in [9.17, 15) is 0 Å². The largest absolute Gasteiger partial charge is 0.487 e. The third kappa shape index (κ3) is 2.91. The fourth-order valence-electron chi connectivity index (χ4n) is 1.45. The van der Waals surface area contributed by atoms with Gasteiger partial charge in [0, 0.05) is 29.4 Å². The summed E-state index contributed by atoms with van der Waals surface area (Å²) in [7, 11) is 0. The van der Waals surface area contributed by atoms with Gasteiger partial charge in [-0.3, -0.25) is 4.68 Å². The van der Waals surface area contributed by atoms with Crippen LogP contribution in [0.3, 0.4) is 0 Å². The zero-order valence-electron chi connectivity index (χ0n) is 9.56. The summed E-state index contributed by atoms with van der Waals surface area (Å²) in [5.41, 5.74) is 7.37. The molecular weight excluding hydrogens is 238 g/mol. The van der Waals surface area contributed by atoms with Crippen molar-refractivity contribution < 1.29 is 4.74 Å². The highest BCUT2D eigenvalue weighted by molar-refractivity contribution is 6.30.